The van der Waals surface area contributed by atoms with Gasteiger partial charge >= 0.3 is 0 Å². The van der Waals surface area contributed by atoms with Crippen LogP contribution in [-0.2, 0) is 12.5 Å². The lowest BCUT2D eigenvalue weighted by molar-refractivity contribution is 0.295. The molecule has 2 rings (SSSR count). The molecule has 0 saturated carbocycles. The summed E-state index contributed by atoms with van der Waals surface area (Å²) in [6, 6.07) is 12.2. The fraction of sp³-hybridized carbons (Fsp3) is 0.188. The molecule has 0 atom stereocenters. The van der Waals surface area contributed by atoms with Crippen LogP contribution in [0.15, 0.2) is 36.4 Å². The maximum atomic E-state index is 13.9. The van der Waals surface area contributed by atoms with Crippen molar-refractivity contribution in [1.82, 2.24) is 0 Å². The Morgan fingerprint density at radius 3 is 2.60 bits per heavy atom. The van der Waals surface area contributed by atoms with Gasteiger partial charge in [0.25, 0.3) is 0 Å². The van der Waals surface area contributed by atoms with E-state index in [0.29, 0.717) is 17.2 Å². The normalized spacial score (nSPS) is 10.1. The van der Waals surface area contributed by atoms with E-state index in [1.54, 1.807) is 12.1 Å². The molecule has 2 aromatic rings. The van der Waals surface area contributed by atoms with Crippen LogP contribution in [-0.4, -0.2) is 0 Å². The summed E-state index contributed by atoms with van der Waals surface area (Å²) in [6.07, 6.45) is 0. The number of nitriles is 1. The maximum Gasteiger partial charge on any atom is 0.147 e. The van der Waals surface area contributed by atoms with Gasteiger partial charge < -0.3 is 4.74 Å². The van der Waals surface area contributed by atoms with Crippen LogP contribution >= 0.6 is 11.6 Å². The molecule has 2 aromatic carbocycles. The van der Waals surface area contributed by atoms with Crippen molar-refractivity contribution < 1.29 is 9.13 Å². The third kappa shape index (κ3) is 2.92. The molecule has 0 aliphatic rings. The number of benzene rings is 2. The molecule has 0 N–H and O–H groups in total. The van der Waals surface area contributed by atoms with Gasteiger partial charge in [0.15, 0.2) is 0 Å². The van der Waals surface area contributed by atoms with Crippen molar-refractivity contribution in [2.24, 2.45) is 0 Å². The Bertz CT molecular complexity index is 664. The third-order valence-corrected chi connectivity index (χ3v) is 3.30. The van der Waals surface area contributed by atoms with Gasteiger partial charge in [0.05, 0.1) is 11.4 Å². The molecule has 2 nitrogen and oxygen atoms in total. The van der Waals surface area contributed by atoms with Crippen molar-refractivity contribution in [3.63, 3.8) is 0 Å². The van der Waals surface area contributed by atoms with Crippen molar-refractivity contribution >= 4 is 11.6 Å². The molecule has 0 unspecified atom stereocenters. The fourth-order valence-corrected chi connectivity index (χ4v) is 2.16. The first-order valence-electron chi connectivity index (χ1n) is 6.12. The van der Waals surface area contributed by atoms with Gasteiger partial charge in [-0.3, -0.25) is 0 Å². The van der Waals surface area contributed by atoms with Gasteiger partial charge in [-0.15, -0.1) is 11.6 Å². The lowest BCUT2D eigenvalue weighted by Crippen LogP contribution is -2.03. The van der Waals surface area contributed by atoms with Crippen LogP contribution in [0.5, 0.6) is 5.75 Å². The van der Waals surface area contributed by atoms with Gasteiger partial charge in [-0.1, -0.05) is 30.3 Å². The zero-order chi connectivity index (χ0) is 14.5. The first-order valence-corrected chi connectivity index (χ1v) is 6.65. The molecule has 0 radical (unpaired) electrons. The fourth-order valence-electron chi connectivity index (χ4n) is 1.95. The summed E-state index contributed by atoms with van der Waals surface area (Å²) in [4.78, 5) is 0. The molecule has 0 bridgehead atoms. The van der Waals surface area contributed by atoms with Crippen LogP contribution < -0.4 is 4.74 Å². The van der Waals surface area contributed by atoms with Gasteiger partial charge in [-0.25, -0.2) is 4.39 Å². The minimum Gasteiger partial charge on any atom is -0.488 e. The number of hydrogen-bond donors (Lipinski definition) is 0. The molecule has 0 fully saturated rings. The first kappa shape index (κ1) is 14.4. The largest absolute Gasteiger partial charge is 0.488 e. The highest BCUT2D eigenvalue weighted by atomic mass is 35.5. The number of rotatable bonds is 4. The smallest absolute Gasteiger partial charge is 0.147 e. The minimum absolute atomic E-state index is 0.0217. The van der Waals surface area contributed by atoms with Crippen molar-refractivity contribution in [3.8, 4) is 11.8 Å². The third-order valence-electron chi connectivity index (χ3n) is 3.01. The highest BCUT2D eigenvalue weighted by Gasteiger charge is 2.10. The topological polar surface area (TPSA) is 33.0 Å². The number of hydrogen-bond acceptors (Lipinski definition) is 2. The van der Waals surface area contributed by atoms with Gasteiger partial charge in [-0.2, -0.15) is 5.26 Å². The molecule has 0 aliphatic carbocycles. The van der Waals surface area contributed by atoms with Crippen LogP contribution in [0.4, 0.5) is 4.39 Å². The Hall–Kier alpha value is -2.05. The van der Waals surface area contributed by atoms with E-state index in [2.05, 4.69) is 0 Å². The second-order valence-electron chi connectivity index (χ2n) is 4.38. The van der Waals surface area contributed by atoms with Gasteiger partial charge in [0.1, 0.15) is 24.2 Å². The second kappa shape index (κ2) is 6.40. The Balaban J connectivity index is 2.24. The van der Waals surface area contributed by atoms with Crippen LogP contribution in [0.25, 0.3) is 0 Å². The van der Waals surface area contributed by atoms with Crippen molar-refractivity contribution in [2.75, 3.05) is 0 Å². The molecule has 0 amide bonds. The second-order valence-corrected chi connectivity index (χ2v) is 4.64. The van der Waals surface area contributed by atoms with E-state index in [1.807, 2.05) is 31.2 Å². The summed E-state index contributed by atoms with van der Waals surface area (Å²) >= 11 is 5.87. The van der Waals surface area contributed by atoms with Crippen LogP contribution in [0.2, 0.25) is 0 Å². The SMILES string of the molecule is Cc1cccc(CCl)c1OCc1cccc(C#N)c1F. The van der Waals surface area contributed by atoms with Crippen molar-refractivity contribution in [1.29, 1.82) is 5.26 Å². The van der Waals surface area contributed by atoms with E-state index < -0.39 is 5.82 Å². The summed E-state index contributed by atoms with van der Waals surface area (Å²) < 4.78 is 19.6. The number of ether oxygens (including phenoxy) is 1. The Kier molecular flexibility index (Phi) is 4.60. The highest BCUT2D eigenvalue weighted by molar-refractivity contribution is 6.17. The molecule has 0 saturated heterocycles. The molecule has 0 aromatic heterocycles. The number of halogens is 2. The molecule has 102 valence electrons. The summed E-state index contributed by atoms with van der Waals surface area (Å²) in [5.74, 6) is 0.470. The van der Waals surface area contributed by atoms with Crippen LogP contribution in [0, 0.1) is 24.1 Å². The van der Waals surface area contributed by atoms with Crippen LogP contribution in [0.3, 0.4) is 0 Å². The van der Waals surface area contributed by atoms with E-state index in [0.717, 1.165) is 11.1 Å². The average molecular weight is 290 g/mol. The van der Waals surface area contributed by atoms with E-state index in [4.69, 9.17) is 21.6 Å². The quantitative estimate of drug-likeness (QED) is 0.785. The Labute approximate surface area is 122 Å². The van der Waals surface area contributed by atoms with Gasteiger partial charge in [-0.05, 0) is 18.6 Å². The molecule has 0 heterocycles. The summed E-state index contributed by atoms with van der Waals surface area (Å²) in [7, 11) is 0. The number of alkyl halides is 1. The van der Waals surface area contributed by atoms with Crippen molar-refractivity contribution in [3.05, 3.63) is 64.5 Å². The summed E-state index contributed by atoms with van der Waals surface area (Å²) in [6.45, 7) is 1.98. The minimum atomic E-state index is -0.531. The van der Waals surface area contributed by atoms with E-state index in [9.17, 15) is 4.39 Å². The molecule has 20 heavy (non-hydrogen) atoms. The monoisotopic (exact) mass is 289 g/mol. The number of aryl methyl sites for hydroxylation is 1. The predicted octanol–water partition coefficient (Wildman–Crippen LogP) is 4.32. The Morgan fingerprint density at radius 2 is 1.90 bits per heavy atom. The lowest BCUT2D eigenvalue weighted by Gasteiger charge is -2.13. The molecule has 0 spiro atoms. The van der Waals surface area contributed by atoms with Crippen molar-refractivity contribution in [2.45, 2.75) is 19.4 Å². The average Bonchev–Trinajstić information content (AvgIpc) is 2.47. The standard InChI is InChI=1S/C16H13ClFNO/c1-11-4-2-5-12(8-17)16(11)20-10-14-7-3-6-13(9-19)15(14)18/h2-7H,8,10H2,1H3. The zero-order valence-corrected chi connectivity index (χ0v) is 11.7. The summed E-state index contributed by atoms with van der Waals surface area (Å²) in [5.41, 5.74) is 2.18. The molecular formula is C16H13ClFNO. The van der Waals surface area contributed by atoms with Crippen LogP contribution in [0.1, 0.15) is 22.3 Å². The summed E-state index contributed by atoms with van der Waals surface area (Å²) in [5, 5.41) is 8.81. The van der Waals surface area contributed by atoms with E-state index in [1.165, 1.54) is 6.07 Å². The first-order chi connectivity index (χ1) is 9.67. The lowest BCUT2D eigenvalue weighted by atomic mass is 10.1. The predicted molar refractivity (Wildman–Crippen MR) is 76.2 cm³/mol. The molecule has 0 aliphatic heterocycles. The molecular weight excluding hydrogens is 277 g/mol. The number of para-hydroxylation sites is 1. The number of nitrogens with zero attached hydrogens (tertiary/aromatic N) is 1. The maximum absolute atomic E-state index is 13.9. The van der Waals surface area contributed by atoms with Gasteiger partial charge in [0.2, 0.25) is 0 Å². The Morgan fingerprint density at radius 1 is 1.20 bits per heavy atom. The molecule has 4 heteroatoms. The van der Waals surface area contributed by atoms with E-state index in [-0.39, 0.29) is 12.2 Å². The zero-order valence-electron chi connectivity index (χ0n) is 11.0. The van der Waals surface area contributed by atoms with Gasteiger partial charge in [0, 0.05) is 11.1 Å². The van der Waals surface area contributed by atoms with E-state index >= 15 is 0 Å². The highest BCUT2D eigenvalue weighted by Crippen LogP contribution is 2.26.